The van der Waals surface area contributed by atoms with E-state index in [1.807, 2.05) is 0 Å². The Balaban J connectivity index is 3.60. The van der Waals surface area contributed by atoms with E-state index in [9.17, 15) is 25.2 Å². The smallest absolute Gasteiger partial charge is 0.249 e. The van der Waals surface area contributed by atoms with Gasteiger partial charge in [0.1, 0.15) is 12.2 Å². The van der Waals surface area contributed by atoms with Crippen LogP contribution in [0.15, 0.2) is 12.2 Å². The summed E-state index contributed by atoms with van der Waals surface area (Å²) in [5.74, 6) is -0.587. The van der Waals surface area contributed by atoms with Crippen molar-refractivity contribution in [3.05, 3.63) is 12.2 Å². The fourth-order valence-electron chi connectivity index (χ4n) is 9.06. The van der Waals surface area contributed by atoms with Gasteiger partial charge in [-0.25, -0.2) is 0 Å². The van der Waals surface area contributed by atoms with Gasteiger partial charge in [-0.2, -0.15) is 0 Å². The van der Waals surface area contributed by atoms with Crippen LogP contribution < -0.4 is 5.32 Å². The first-order valence-electron chi connectivity index (χ1n) is 28.1. The van der Waals surface area contributed by atoms with Crippen molar-refractivity contribution in [3.63, 3.8) is 0 Å². The number of hydrogen-bond donors (Lipinski definition) is 5. The van der Waals surface area contributed by atoms with Crippen LogP contribution in [0.3, 0.4) is 0 Å². The summed E-state index contributed by atoms with van der Waals surface area (Å²) in [6, 6.07) is -0.998. The van der Waals surface area contributed by atoms with E-state index in [-0.39, 0.29) is 0 Å². The van der Waals surface area contributed by atoms with Crippen molar-refractivity contribution < 1.29 is 25.2 Å². The minimum atomic E-state index is -1.28. The van der Waals surface area contributed by atoms with E-state index in [2.05, 4.69) is 31.3 Å². The van der Waals surface area contributed by atoms with Crippen molar-refractivity contribution in [1.82, 2.24) is 5.32 Å². The van der Waals surface area contributed by atoms with Gasteiger partial charge in [0.05, 0.1) is 18.8 Å². The number of rotatable bonds is 52. The molecule has 0 heterocycles. The van der Waals surface area contributed by atoms with E-state index in [4.69, 9.17) is 0 Å². The Morgan fingerprint density at radius 1 is 0.387 bits per heavy atom. The number of allylic oxidation sites excluding steroid dienone is 2. The molecular weight excluding hydrogens is 767 g/mol. The molecule has 62 heavy (non-hydrogen) atoms. The lowest BCUT2D eigenvalue weighted by Gasteiger charge is -2.27. The first kappa shape index (κ1) is 61.0. The summed E-state index contributed by atoms with van der Waals surface area (Å²) < 4.78 is 0. The maximum absolute atomic E-state index is 12.6. The summed E-state index contributed by atoms with van der Waals surface area (Å²) in [5.41, 5.74) is 0. The van der Waals surface area contributed by atoms with Crippen LogP contribution in [0.4, 0.5) is 0 Å². The average Bonchev–Trinajstić information content (AvgIpc) is 3.28. The highest BCUT2D eigenvalue weighted by atomic mass is 16.3. The predicted molar refractivity (Wildman–Crippen MR) is 270 cm³/mol. The molecule has 0 aliphatic rings. The van der Waals surface area contributed by atoms with Crippen molar-refractivity contribution in [1.29, 1.82) is 0 Å². The summed E-state index contributed by atoms with van der Waals surface area (Å²) in [4.78, 5) is 12.6. The monoisotopic (exact) mass is 878 g/mol. The quantitative estimate of drug-likeness (QED) is 0.0309. The van der Waals surface area contributed by atoms with Gasteiger partial charge in [0.15, 0.2) is 0 Å². The third kappa shape index (κ3) is 44.3. The number of unbranched alkanes of at least 4 members (excludes halogenated alkanes) is 41. The zero-order valence-electron chi connectivity index (χ0n) is 41.9. The Morgan fingerprint density at radius 2 is 0.661 bits per heavy atom. The summed E-state index contributed by atoms with van der Waals surface area (Å²) >= 11 is 0. The molecule has 0 aromatic rings. The Bertz CT molecular complexity index is 898. The van der Waals surface area contributed by atoms with E-state index < -0.39 is 36.9 Å². The van der Waals surface area contributed by atoms with Crippen LogP contribution in [0, 0.1) is 0 Å². The van der Waals surface area contributed by atoms with Gasteiger partial charge in [0, 0.05) is 0 Å². The van der Waals surface area contributed by atoms with Gasteiger partial charge in [-0.1, -0.05) is 283 Å². The number of carbonyl (C=O) groups excluding carboxylic acids is 1. The fraction of sp³-hybridized carbons (Fsp3) is 0.946. The number of aliphatic hydroxyl groups is 4. The SMILES string of the molecule is CCCCCCCCCCCCCCC/C=C/CCCC(O)C(O)C(CO)NC(=O)C(O)CCCCCCCCCCCCCCCCCCCCCCCCCCCCCC. The highest BCUT2D eigenvalue weighted by molar-refractivity contribution is 5.80. The van der Waals surface area contributed by atoms with E-state index in [1.165, 1.54) is 244 Å². The predicted octanol–water partition coefficient (Wildman–Crippen LogP) is 16.1. The second-order valence-corrected chi connectivity index (χ2v) is 19.6. The molecule has 5 N–H and O–H groups in total. The normalized spacial score (nSPS) is 13.8. The van der Waals surface area contributed by atoms with Crippen molar-refractivity contribution >= 4 is 5.91 Å². The van der Waals surface area contributed by atoms with Crippen LogP contribution in [0.25, 0.3) is 0 Å². The number of amides is 1. The molecule has 0 rings (SSSR count). The molecule has 1 amide bonds. The van der Waals surface area contributed by atoms with Crippen molar-refractivity contribution in [3.8, 4) is 0 Å². The molecule has 0 fully saturated rings. The summed E-state index contributed by atoms with van der Waals surface area (Å²) in [5, 5.41) is 43.9. The molecule has 6 nitrogen and oxygen atoms in total. The standard InChI is InChI=1S/C56H111NO5/c1-3-5-7-9-11-13-15-17-19-21-23-24-25-26-27-28-29-30-31-32-34-36-38-40-42-44-46-48-50-54(60)56(62)57-52(51-58)55(61)53(59)49-47-45-43-41-39-37-35-33-22-20-18-16-14-12-10-8-6-4-2/h41,43,52-55,58-61H,3-40,42,44-51H2,1-2H3,(H,57,62)/b43-41+. The highest BCUT2D eigenvalue weighted by Crippen LogP contribution is 2.18. The van der Waals surface area contributed by atoms with Gasteiger partial charge in [-0.15, -0.1) is 0 Å². The molecule has 0 saturated heterocycles. The number of hydrogen-bond acceptors (Lipinski definition) is 5. The van der Waals surface area contributed by atoms with Crippen molar-refractivity contribution in [2.75, 3.05) is 6.61 Å². The van der Waals surface area contributed by atoms with Crippen molar-refractivity contribution in [2.45, 2.75) is 334 Å². The number of aliphatic hydroxyl groups excluding tert-OH is 4. The zero-order valence-corrected chi connectivity index (χ0v) is 41.9. The zero-order chi connectivity index (χ0) is 45.2. The van der Waals surface area contributed by atoms with Crippen LogP contribution in [-0.2, 0) is 4.79 Å². The first-order chi connectivity index (χ1) is 30.5. The van der Waals surface area contributed by atoms with Crippen molar-refractivity contribution in [2.24, 2.45) is 0 Å². The maximum Gasteiger partial charge on any atom is 0.249 e. The summed E-state index contributed by atoms with van der Waals surface area (Å²) in [6.07, 6.45) is 60.0. The molecule has 0 spiro atoms. The molecule has 4 atom stereocenters. The summed E-state index contributed by atoms with van der Waals surface area (Å²) in [7, 11) is 0. The Morgan fingerprint density at radius 3 is 0.968 bits per heavy atom. The largest absolute Gasteiger partial charge is 0.394 e. The molecule has 0 aromatic heterocycles. The molecule has 370 valence electrons. The topological polar surface area (TPSA) is 110 Å². The second-order valence-electron chi connectivity index (χ2n) is 19.6. The number of carbonyl (C=O) groups is 1. The lowest BCUT2D eigenvalue weighted by molar-refractivity contribution is -0.132. The van der Waals surface area contributed by atoms with Crippen LogP contribution >= 0.6 is 0 Å². The van der Waals surface area contributed by atoms with Gasteiger partial charge >= 0.3 is 0 Å². The molecule has 0 aromatic carbocycles. The van der Waals surface area contributed by atoms with Gasteiger partial charge in [-0.3, -0.25) is 4.79 Å². The van der Waals surface area contributed by atoms with E-state index in [1.54, 1.807) is 0 Å². The minimum absolute atomic E-state index is 0.369. The van der Waals surface area contributed by atoms with Crippen LogP contribution in [0.5, 0.6) is 0 Å². The van der Waals surface area contributed by atoms with Gasteiger partial charge in [0.2, 0.25) is 5.91 Å². The van der Waals surface area contributed by atoms with E-state index in [0.29, 0.717) is 12.8 Å². The first-order valence-corrected chi connectivity index (χ1v) is 28.1. The highest BCUT2D eigenvalue weighted by Gasteiger charge is 2.28. The minimum Gasteiger partial charge on any atom is -0.394 e. The summed E-state index contributed by atoms with van der Waals surface area (Å²) in [6.45, 7) is 4.08. The molecule has 0 aliphatic carbocycles. The average molecular weight is 879 g/mol. The van der Waals surface area contributed by atoms with Gasteiger partial charge < -0.3 is 25.7 Å². The maximum atomic E-state index is 12.6. The molecule has 0 saturated carbocycles. The molecular formula is C56H111NO5. The molecule has 0 bridgehead atoms. The third-order valence-electron chi connectivity index (χ3n) is 13.5. The lowest BCUT2D eigenvalue weighted by atomic mass is 10.00. The Kier molecular flexibility index (Phi) is 50.3. The van der Waals surface area contributed by atoms with Crippen LogP contribution in [0.1, 0.15) is 309 Å². The van der Waals surface area contributed by atoms with Crippen LogP contribution in [-0.4, -0.2) is 57.3 Å². The lowest BCUT2D eigenvalue weighted by Crippen LogP contribution is -2.53. The van der Waals surface area contributed by atoms with Gasteiger partial charge in [-0.05, 0) is 38.5 Å². The molecule has 4 unspecified atom stereocenters. The van der Waals surface area contributed by atoms with E-state index in [0.717, 1.165) is 38.5 Å². The molecule has 0 radical (unpaired) electrons. The number of nitrogens with one attached hydrogen (secondary N) is 1. The van der Waals surface area contributed by atoms with Crippen LogP contribution in [0.2, 0.25) is 0 Å². The van der Waals surface area contributed by atoms with E-state index >= 15 is 0 Å². The Hall–Kier alpha value is -0.950. The molecule has 6 heteroatoms. The third-order valence-corrected chi connectivity index (χ3v) is 13.5. The second kappa shape index (κ2) is 51.0. The fourth-order valence-corrected chi connectivity index (χ4v) is 9.06. The Labute approximate surface area is 387 Å². The molecule has 0 aliphatic heterocycles. The van der Waals surface area contributed by atoms with Gasteiger partial charge in [0.25, 0.3) is 0 Å².